The summed E-state index contributed by atoms with van der Waals surface area (Å²) in [5.41, 5.74) is 5.99. The van der Waals surface area contributed by atoms with Crippen molar-refractivity contribution in [3.63, 3.8) is 0 Å². The highest BCUT2D eigenvalue weighted by molar-refractivity contribution is 5.86. The molecule has 2 aromatic carbocycles. The van der Waals surface area contributed by atoms with Crippen LogP contribution in [-0.2, 0) is 6.54 Å². The van der Waals surface area contributed by atoms with Gasteiger partial charge in [0.15, 0.2) is 11.5 Å². The Labute approximate surface area is 210 Å². The van der Waals surface area contributed by atoms with Crippen molar-refractivity contribution in [1.82, 2.24) is 19.8 Å². The molecule has 0 bridgehead atoms. The largest absolute Gasteiger partial charge is 0.486 e. The number of aryl methyl sites for hydroxylation is 1. The van der Waals surface area contributed by atoms with Crippen molar-refractivity contribution in [1.29, 1.82) is 0 Å². The third-order valence-electron chi connectivity index (χ3n) is 7.02. The number of fused-ring (bicyclic) bond motifs is 2. The van der Waals surface area contributed by atoms with Crippen molar-refractivity contribution < 1.29 is 14.6 Å². The number of rotatable bonds is 5. The van der Waals surface area contributed by atoms with E-state index in [1.54, 1.807) is 12.4 Å². The van der Waals surface area contributed by atoms with Crippen LogP contribution < -0.4 is 9.47 Å². The summed E-state index contributed by atoms with van der Waals surface area (Å²) in [6.07, 6.45) is 2.84. The van der Waals surface area contributed by atoms with Gasteiger partial charge in [-0.3, -0.25) is 14.8 Å². The fraction of sp³-hybridized carbons (Fsp3) is 0.310. The molecule has 4 aromatic rings. The van der Waals surface area contributed by atoms with Gasteiger partial charge in [0.2, 0.25) is 0 Å². The summed E-state index contributed by atoms with van der Waals surface area (Å²) in [7, 11) is 0. The van der Waals surface area contributed by atoms with Crippen molar-refractivity contribution >= 4 is 10.9 Å². The number of hydrogen-bond donors (Lipinski definition) is 1. The van der Waals surface area contributed by atoms with Crippen LogP contribution in [0.3, 0.4) is 0 Å². The average molecular weight is 483 g/mol. The standard InChI is InChI=1S/C29H30N4O3/c1-20-2-4-25-23(16-20)24(18-26(31-25)22-6-8-30-9-7-22)29(34)33-12-10-32(11-13-33)19-21-3-5-27-28(17-21)36-15-14-35-27/h2-9,16-18,29,34H,10-15,19H2,1H3. The minimum absolute atomic E-state index is 0.596. The molecule has 7 heteroatoms. The summed E-state index contributed by atoms with van der Waals surface area (Å²) in [5.74, 6) is 1.65. The smallest absolute Gasteiger partial charge is 0.161 e. The number of ether oxygens (including phenoxy) is 2. The molecular formula is C29H30N4O3. The first-order valence-corrected chi connectivity index (χ1v) is 12.5. The third kappa shape index (κ3) is 4.65. The summed E-state index contributed by atoms with van der Waals surface area (Å²) in [6.45, 7) is 7.45. The predicted octanol–water partition coefficient (Wildman–Crippen LogP) is 4.19. The van der Waals surface area contributed by atoms with E-state index >= 15 is 0 Å². The van der Waals surface area contributed by atoms with E-state index in [0.29, 0.717) is 13.2 Å². The van der Waals surface area contributed by atoms with E-state index in [0.717, 1.165) is 77.5 Å². The lowest BCUT2D eigenvalue weighted by Crippen LogP contribution is -2.47. The number of piperazine rings is 1. The summed E-state index contributed by atoms with van der Waals surface area (Å²) in [5, 5.41) is 12.5. The van der Waals surface area contributed by atoms with E-state index in [4.69, 9.17) is 14.5 Å². The Morgan fingerprint density at radius 3 is 2.47 bits per heavy atom. The zero-order valence-electron chi connectivity index (χ0n) is 20.4. The van der Waals surface area contributed by atoms with Gasteiger partial charge in [-0.2, -0.15) is 0 Å². The molecule has 7 nitrogen and oxygen atoms in total. The lowest BCUT2D eigenvalue weighted by Gasteiger charge is -2.37. The Morgan fingerprint density at radius 2 is 1.67 bits per heavy atom. The zero-order valence-corrected chi connectivity index (χ0v) is 20.4. The maximum atomic E-state index is 11.6. The molecule has 2 aromatic heterocycles. The monoisotopic (exact) mass is 482 g/mol. The Balaban J connectivity index is 1.20. The molecule has 1 unspecified atom stereocenters. The average Bonchev–Trinajstić information content (AvgIpc) is 2.93. The maximum absolute atomic E-state index is 11.6. The first-order valence-electron chi connectivity index (χ1n) is 12.5. The number of pyridine rings is 2. The van der Waals surface area contributed by atoms with Crippen LogP contribution >= 0.6 is 0 Å². The highest BCUT2D eigenvalue weighted by Gasteiger charge is 2.26. The second-order valence-electron chi connectivity index (χ2n) is 9.52. The SMILES string of the molecule is Cc1ccc2nc(-c3ccncc3)cc(C(O)N3CCN(Cc4ccc5c(c4)OCCO5)CC3)c2c1. The molecule has 0 saturated carbocycles. The van der Waals surface area contributed by atoms with Crippen LogP contribution in [0.4, 0.5) is 0 Å². The number of nitrogens with zero attached hydrogens (tertiary/aromatic N) is 4. The Hall–Kier alpha value is -3.52. The van der Waals surface area contributed by atoms with Crippen molar-refractivity contribution in [2.75, 3.05) is 39.4 Å². The van der Waals surface area contributed by atoms with Gasteiger partial charge in [0, 0.05) is 61.6 Å². The summed E-state index contributed by atoms with van der Waals surface area (Å²) < 4.78 is 11.4. The molecule has 184 valence electrons. The Morgan fingerprint density at radius 1 is 0.889 bits per heavy atom. The van der Waals surface area contributed by atoms with E-state index in [1.807, 2.05) is 30.3 Å². The molecule has 0 amide bonds. The minimum atomic E-state index is -0.700. The fourth-order valence-corrected chi connectivity index (χ4v) is 5.06. The van der Waals surface area contributed by atoms with Gasteiger partial charge in [-0.1, -0.05) is 17.7 Å². The lowest BCUT2D eigenvalue weighted by molar-refractivity contribution is -0.0277. The number of aromatic nitrogens is 2. The topological polar surface area (TPSA) is 71.0 Å². The summed E-state index contributed by atoms with van der Waals surface area (Å²) >= 11 is 0. The van der Waals surface area contributed by atoms with E-state index in [2.05, 4.69) is 46.0 Å². The maximum Gasteiger partial charge on any atom is 0.161 e. The normalized spacial score (nSPS) is 17.3. The Bertz CT molecular complexity index is 1370. The number of hydrogen-bond acceptors (Lipinski definition) is 7. The van der Waals surface area contributed by atoms with Gasteiger partial charge in [-0.25, -0.2) is 4.98 Å². The number of benzene rings is 2. The van der Waals surface area contributed by atoms with E-state index in [-0.39, 0.29) is 0 Å². The zero-order chi connectivity index (χ0) is 24.5. The molecule has 6 rings (SSSR count). The van der Waals surface area contributed by atoms with E-state index in [1.165, 1.54) is 5.56 Å². The molecule has 1 saturated heterocycles. The molecule has 2 aliphatic rings. The van der Waals surface area contributed by atoms with E-state index in [9.17, 15) is 5.11 Å². The van der Waals surface area contributed by atoms with Crippen LogP contribution in [0.5, 0.6) is 11.5 Å². The van der Waals surface area contributed by atoms with Gasteiger partial charge >= 0.3 is 0 Å². The fourth-order valence-electron chi connectivity index (χ4n) is 5.06. The molecular weight excluding hydrogens is 452 g/mol. The van der Waals surface area contributed by atoms with Gasteiger partial charge in [-0.15, -0.1) is 0 Å². The molecule has 36 heavy (non-hydrogen) atoms. The van der Waals surface area contributed by atoms with Gasteiger partial charge < -0.3 is 14.6 Å². The van der Waals surface area contributed by atoms with Crippen LogP contribution in [0, 0.1) is 6.92 Å². The van der Waals surface area contributed by atoms with Gasteiger partial charge in [0.1, 0.15) is 19.4 Å². The van der Waals surface area contributed by atoms with Crippen LogP contribution in [0.25, 0.3) is 22.2 Å². The molecule has 1 N–H and O–H groups in total. The molecule has 4 heterocycles. The number of aliphatic hydroxyl groups excluding tert-OH is 1. The molecule has 1 fully saturated rings. The quantitative estimate of drug-likeness (QED) is 0.457. The van der Waals surface area contributed by atoms with Crippen molar-refractivity contribution in [3.8, 4) is 22.8 Å². The highest BCUT2D eigenvalue weighted by atomic mass is 16.6. The Kier molecular flexibility index (Phi) is 6.27. The summed E-state index contributed by atoms with van der Waals surface area (Å²) in [4.78, 5) is 13.6. The van der Waals surface area contributed by atoms with Crippen LogP contribution in [0.15, 0.2) is 67.0 Å². The van der Waals surface area contributed by atoms with E-state index < -0.39 is 6.23 Å². The van der Waals surface area contributed by atoms with Crippen LogP contribution in [-0.4, -0.2) is 64.3 Å². The third-order valence-corrected chi connectivity index (χ3v) is 7.02. The van der Waals surface area contributed by atoms with Crippen LogP contribution in [0.2, 0.25) is 0 Å². The van der Waals surface area contributed by atoms with Gasteiger partial charge in [-0.05, 0) is 55.0 Å². The lowest BCUT2D eigenvalue weighted by atomic mass is 10.0. The van der Waals surface area contributed by atoms with Crippen LogP contribution in [0.1, 0.15) is 22.9 Å². The predicted molar refractivity (Wildman–Crippen MR) is 139 cm³/mol. The first kappa shape index (κ1) is 22.9. The molecule has 1 atom stereocenters. The van der Waals surface area contributed by atoms with Crippen molar-refractivity contribution in [3.05, 3.63) is 83.7 Å². The molecule has 0 spiro atoms. The second-order valence-corrected chi connectivity index (χ2v) is 9.52. The molecule has 0 aliphatic carbocycles. The van der Waals surface area contributed by atoms with Crippen molar-refractivity contribution in [2.45, 2.75) is 19.7 Å². The highest BCUT2D eigenvalue weighted by Crippen LogP contribution is 2.33. The number of aliphatic hydroxyl groups is 1. The van der Waals surface area contributed by atoms with Crippen molar-refractivity contribution in [2.24, 2.45) is 0 Å². The molecule has 0 radical (unpaired) electrons. The second kappa shape index (κ2) is 9.85. The minimum Gasteiger partial charge on any atom is -0.486 e. The summed E-state index contributed by atoms with van der Waals surface area (Å²) in [6, 6.07) is 18.4. The van der Waals surface area contributed by atoms with Gasteiger partial charge in [0.25, 0.3) is 0 Å². The van der Waals surface area contributed by atoms with Gasteiger partial charge in [0.05, 0.1) is 11.2 Å². The first-order chi connectivity index (χ1) is 17.6. The molecule has 2 aliphatic heterocycles.